The van der Waals surface area contributed by atoms with Gasteiger partial charge in [-0.15, -0.1) is 0 Å². The van der Waals surface area contributed by atoms with Crippen molar-refractivity contribution in [3.63, 3.8) is 0 Å². The second-order valence-electron chi connectivity index (χ2n) is 6.52. The molecule has 1 aliphatic heterocycles. The number of ether oxygens (including phenoxy) is 1. The summed E-state index contributed by atoms with van der Waals surface area (Å²) >= 11 is 0. The largest absolute Gasteiger partial charge is 0.383 e. The van der Waals surface area contributed by atoms with Gasteiger partial charge in [0.1, 0.15) is 5.70 Å². The number of imide groups is 1. The standard InChI is InChI=1S/C23H20N2O3/c1-28-15-14-25-22(26)20(17-9-3-2-4-10-17)21(23(25)27)24-19-13-7-11-16-8-5-6-12-18(16)19/h2-13,24H,14-15H2,1H3. The molecule has 0 spiro atoms. The summed E-state index contributed by atoms with van der Waals surface area (Å²) in [5.41, 5.74) is 2.18. The third kappa shape index (κ3) is 3.17. The van der Waals surface area contributed by atoms with Gasteiger partial charge in [0, 0.05) is 18.2 Å². The van der Waals surface area contributed by atoms with Gasteiger partial charge in [-0.05, 0) is 17.0 Å². The maximum absolute atomic E-state index is 13.1. The fourth-order valence-electron chi connectivity index (χ4n) is 3.42. The van der Waals surface area contributed by atoms with Crippen LogP contribution in [0, 0.1) is 0 Å². The van der Waals surface area contributed by atoms with E-state index in [1.807, 2.05) is 72.8 Å². The first-order chi connectivity index (χ1) is 13.7. The van der Waals surface area contributed by atoms with Gasteiger partial charge in [0.2, 0.25) is 0 Å². The summed E-state index contributed by atoms with van der Waals surface area (Å²) in [7, 11) is 1.55. The minimum Gasteiger partial charge on any atom is -0.383 e. The van der Waals surface area contributed by atoms with E-state index < -0.39 is 0 Å². The number of amides is 2. The molecule has 5 nitrogen and oxygen atoms in total. The van der Waals surface area contributed by atoms with Crippen LogP contribution in [0.25, 0.3) is 16.3 Å². The Morgan fingerprint density at radius 2 is 1.57 bits per heavy atom. The average Bonchev–Trinajstić information content (AvgIpc) is 2.97. The second-order valence-corrected chi connectivity index (χ2v) is 6.52. The molecule has 0 bridgehead atoms. The van der Waals surface area contributed by atoms with Crippen LogP contribution >= 0.6 is 0 Å². The molecule has 0 fully saturated rings. The van der Waals surface area contributed by atoms with Gasteiger partial charge in [-0.1, -0.05) is 66.7 Å². The van der Waals surface area contributed by atoms with Crippen LogP contribution in [0.5, 0.6) is 0 Å². The van der Waals surface area contributed by atoms with E-state index in [1.165, 1.54) is 4.90 Å². The predicted octanol–water partition coefficient (Wildman–Crippen LogP) is 3.68. The van der Waals surface area contributed by atoms with Crippen LogP contribution in [-0.2, 0) is 14.3 Å². The molecule has 0 saturated carbocycles. The lowest BCUT2D eigenvalue weighted by Gasteiger charge is -2.15. The van der Waals surface area contributed by atoms with Crippen molar-refractivity contribution in [2.24, 2.45) is 0 Å². The first-order valence-electron chi connectivity index (χ1n) is 9.10. The quantitative estimate of drug-likeness (QED) is 0.671. The topological polar surface area (TPSA) is 58.6 Å². The van der Waals surface area contributed by atoms with Crippen LogP contribution in [0.15, 0.2) is 78.5 Å². The number of nitrogens with zero attached hydrogens (tertiary/aromatic N) is 1. The van der Waals surface area contributed by atoms with Crippen LogP contribution in [-0.4, -0.2) is 37.0 Å². The number of benzene rings is 3. The third-order valence-corrected chi connectivity index (χ3v) is 4.80. The van der Waals surface area contributed by atoms with Crippen LogP contribution in [0.2, 0.25) is 0 Å². The Balaban J connectivity index is 1.81. The van der Waals surface area contributed by atoms with Crippen molar-refractivity contribution in [2.75, 3.05) is 25.6 Å². The second kappa shape index (κ2) is 7.66. The summed E-state index contributed by atoms with van der Waals surface area (Å²) in [6.45, 7) is 0.506. The van der Waals surface area contributed by atoms with Crippen LogP contribution in [0.1, 0.15) is 5.56 Å². The molecule has 140 valence electrons. The Kier molecular flexibility index (Phi) is 4.91. The molecule has 1 heterocycles. The van der Waals surface area contributed by atoms with Crippen LogP contribution in [0.3, 0.4) is 0 Å². The summed E-state index contributed by atoms with van der Waals surface area (Å²) in [5, 5.41) is 5.29. The first kappa shape index (κ1) is 17.9. The highest BCUT2D eigenvalue weighted by atomic mass is 16.5. The number of anilines is 1. The van der Waals surface area contributed by atoms with E-state index in [2.05, 4.69) is 5.32 Å². The zero-order valence-corrected chi connectivity index (χ0v) is 15.5. The smallest absolute Gasteiger partial charge is 0.278 e. The molecule has 28 heavy (non-hydrogen) atoms. The number of carbonyl (C=O) groups excluding carboxylic acids is 2. The van der Waals surface area contributed by atoms with Gasteiger partial charge in [0.05, 0.1) is 18.7 Å². The minimum atomic E-state index is -0.339. The summed E-state index contributed by atoms with van der Waals surface area (Å²) in [6, 6.07) is 23.0. The molecular weight excluding hydrogens is 352 g/mol. The van der Waals surface area contributed by atoms with Gasteiger partial charge in [-0.2, -0.15) is 0 Å². The van der Waals surface area contributed by atoms with E-state index in [9.17, 15) is 9.59 Å². The Bertz CT molecular complexity index is 1070. The molecular formula is C23H20N2O3. The lowest BCUT2D eigenvalue weighted by atomic mass is 10.0. The van der Waals surface area contributed by atoms with Gasteiger partial charge in [0.15, 0.2) is 0 Å². The maximum atomic E-state index is 13.1. The van der Waals surface area contributed by atoms with Crippen molar-refractivity contribution in [3.05, 3.63) is 84.1 Å². The van der Waals surface area contributed by atoms with Crippen molar-refractivity contribution < 1.29 is 14.3 Å². The van der Waals surface area contributed by atoms with Crippen LogP contribution in [0.4, 0.5) is 5.69 Å². The summed E-state index contributed by atoms with van der Waals surface area (Å²) in [5.74, 6) is -0.648. The lowest BCUT2D eigenvalue weighted by Crippen LogP contribution is -2.35. The van der Waals surface area contributed by atoms with Crippen molar-refractivity contribution in [2.45, 2.75) is 0 Å². The van der Waals surface area contributed by atoms with E-state index in [4.69, 9.17) is 4.74 Å². The van der Waals surface area contributed by atoms with Crippen molar-refractivity contribution >= 4 is 33.8 Å². The molecule has 1 N–H and O–H groups in total. The number of carbonyl (C=O) groups is 2. The summed E-state index contributed by atoms with van der Waals surface area (Å²) in [6.07, 6.45) is 0. The molecule has 2 amide bonds. The van der Waals surface area contributed by atoms with Crippen molar-refractivity contribution in [1.82, 2.24) is 4.90 Å². The van der Waals surface area contributed by atoms with Gasteiger partial charge >= 0.3 is 0 Å². The molecule has 0 aromatic heterocycles. The highest BCUT2D eigenvalue weighted by molar-refractivity contribution is 6.36. The fraction of sp³-hybridized carbons (Fsp3) is 0.130. The molecule has 5 heteroatoms. The predicted molar refractivity (Wildman–Crippen MR) is 110 cm³/mol. The average molecular weight is 372 g/mol. The maximum Gasteiger partial charge on any atom is 0.278 e. The summed E-state index contributed by atoms with van der Waals surface area (Å²) < 4.78 is 5.07. The Hall–Kier alpha value is -3.44. The Morgan fingerprint density at radius 3 is 2.36 bits per heavy atom. The molecule has 3 aromatic rings. The molecule has 0 unspecified atom stereocenters. The molecule has 1 aliphatic rings. The Labute approximate surface area is 163 Å². The molecule has 3 aromatic carbocycles. The molecule has 4 rings (SSSR count). The zero-order chi connectivity index (χ0) is 19.5. The number of rotatable bonds is 6. The van der Waals surface area contributed by atoms with Gasteiger partial charge in [-0.3, -0.25) is 14.5 Å². The third-order valence-electron chi connectivity index (χ3n) is 4.80. The number of hydrogen-bond donors (Lipinski definition) is 1. The Morgan fingerprint density at radius 1 is 0.857 bits per heavy atom. The monoisotopic (exact) mass is 372 g/mol. The molecule has 0 saturated heterocycles. The van der Waals surface area contributed by atoms with Gasteiger partial charge in [-0.25, -0.2) is 0 Å². The molecule has 0 atom stereocenters. The van der Waals surface area contributed by atoms with E-state index in [0.29, 0.717) is 23.4 Å². The molecule has 0 aliphatic carbocycles. The van der Waals surface area contributed by atoms with Crippen molar-refractivity contribution in [1.29, 1.82) is 0 Å². The number of nitrogens with one attached hydrogen (secondary N) is 1. The highest BCUT2D eigenvalue weighted by Gasteiger charge is 2.39. The minimum absolute atomic E-state index is 0.214. The highest BCUT2D eigenvalue weighted by Crippen LogP contribution is 2.32. The van der Waals surface area contributed by atoms with Crippen LogP contribution < -0.4 is 5.32 Å². The van der Waals surface area contributed by atoms with E-state index in [-0.39, 0.29) is 18.4 Å². The van der Waals surface area contributed by atoms with Crippen molar-refractivity contribution in [3.8, 4) is 0 Å². The van der Waals surface area contributed by atoms with E-state index >= 15 is 0 Å². The zero-order valence-electron chi connectivity index (χ0n) is 15.5. The lowest BCUT2D eigenvalue weighted by molar-refractivity contribution is -0.137. The van der Waals surface area contributed by atoms with E-state index in [0.717, 1.165) is 16.5 Å². The summed E-state index contributed by atoms with van der Waals surface area (Å²) in [4.78, 5) is 27.3. The first-order valence-corrected chi connectivity index (χ1v) is 9.10. The SMILES string of the molecule is COCCN1C(=O)C(Nc2cccc3ccccc23)=C(c2ccccc2)C1=O. The van der Waals surface area contributed by atoms with E-state index in [1.54, 1.807) is 7.11 Å². The number of methoxy groups -OCH3 is 1. The fourth-order valence-corrected chi connectivity index (χ4v) is 3.42. The van der Waals surface area contributed by atoms with Gasteiger partial charge < -0.3 is 10.1 Å². The number of hydrogen-bond acceptors (Lipinski definition) is 4. The van der Waals surface area contributed by atoms with Gasteiger partial charge in [0.25, 0.3) is 11.8 Å². The number of fused-ring (bicyclic) bond motifs is 1. The normalized spacial score (nSPS) is 14.2. The molecule has 0 radical (unpaired) electrons.